The lowest BCUT2D eigenvalue weighted by atomic mass is 10.00. The van der Waals surface area contributed by atoms with Crippen molar-refractivity contribution in [1.82, 2.24) is 10.3 Å². The predicted molar refractivity (Wildman–Crippen MR) is 67.5 cm³/mol. The molecule has 2 amide bonds. The fourth-order valence-electron chi connectivity index (χ4n) is 1.31. The van der Waals surface area contributed by atoms with Crippen LogP contribution < -0.4 is 10.6 Å². The lowest BCUT2D eigenvalue weighted by Gasteiger charge is -2.24. The number of anilines is 1. The predicted octanol–water partition coefficient (Wildman–Crippen LogP) is 1.76. The number of nitrogens with zero attached hydrogens (tertiary/aromatic N) is 1. The van der Waals surface area contributed by atoms with Gasteiger partial charge in [-0.05, 0) is 32.4 Å². The fourth-order valence-corrected chi connectivity index (χ4v) is 1.31. The molecule has 0 aliphatic heterocycles. The van der Waals surface area contributed by atoms with Crippen LogP contribution in [0.4, 0.5) is 10.5 Å². The summed E-state index contributed by atoms with van der Waals surface area (Å²) in [5.41, 5.74) is -0.0553. The summed E-state index contributed by atoms with van der Waals surface area (Å²) in [5.74, 6) is -1.07. The molecule has 0 spiro atoms. The van der Waals surface area contributed by atoms with Gasteiger partial charge in [0.05, 0.1) is 11.4 Å². The second-order valence-corrected chi connectivity index (χ2v) is 4.21. The summed E-state index contributed by atoms with van der Waals surface area (Å²) in [6, 6.07) is 2.84. The lowest BCUT2D eigenvalue weighted by Crippen LogP contribution is -2.53. The second-order valence-electron chi connectivity index (χ2n) is 4.21. The van der Waals surface area contributed by atoms with E-state index in [1.807, 2.05) is 0 Å². The molecule has 3 N–H and O–H groups in total. The van der Waals surface area contributed by atoms with Crippen LogP contribution in [0.1, 0.15) is 26.0 Å². The minimum Gasteiger partial charge on any atom is -0.480 e. The molecule has 0 aromatic carbocycles. The molecule has 1 rings (SSSR count). The number of hydrogen-bond donors (Lipinski definition) is 3. The number of carboxylic acid groups (broad SMARTS) is 1. The molecule has 6 nitrogen and oxygen atoms in total. The number of carbonyl (C=O) groups excluding carboxylic acids is 1. The van der Waals surface area contributed by atoms with Gasteiger partial charge in [0.1, 0.15) is 5.54 Å². The monoisotopic (exact) mass is 251 g/mol. The standard InChI is InChI=1S/C12H17N3O3/c1-4-12(3,10(16)17)15-11(18)14-9-6-5-7-13-8(9)2/h5-7H,4H2,1-3H3,(H,16,17)(H2,14,15,18). The van der Waals surface area contributed by atoms with Gasteiger partial charge in [0.15, 0.2) is 0 Å². The van der Waals surface area contributed by atoms with E-state index in [4.69, 9.17) is 5.11 Å². The van der Waals surface area contributed by atoms with Gasteiger partial charge in [-0.3, -0.25) is 4.98 Å². The van der Waals surface area contributed by atoms with Gasteiger partial charge >= 0.3 is 12.0 Å². The Morgan fingerprint density at radius 1 is 1.50 bits per heavy atom. The summed E-state index contributed by atoms with van der Waals surface area (Å²) in [5, 5.41) is 14.1. The molecule has 0 radical (unpaired) electrons. The molecule has 98 valence electrons. The number of aryl methyl sites for hydroxylation is 1. The van der Waals surface area contributed by atoms with Crippen LogP contribution in [0, 0.1) is 6.92 Å². The highest BCUT2D eigenvalue weighted by Crippen LogP contribution is 2.12. The molecule has 0 saturated carbocycles. The average molecular weight is 251 g/mol. The van der Waals surface area contributed by atoms with Crippen LogP contribution >= 0.6 is 0 Å². The average Bonchev–Trinajstić information content (AvgIpc) is 2.31. The van der Waals surface area contributed by atoms with Crippen molar-refractivity contribution >= 4 is 17.7 Å². The van der Waals surface area contributed by atoms with E-state index in [1.54, 1.807) is 32.2 Å². The third kappa shape index (κ3) is 3.19. The first kappa shape index (κ1) is 14.0. The van der Waals surface area contributed by atoms with Crippen molar-refractivity contribution in [3.05, 3.63) is 24.0 Å². The zero-order chi connectivity index (χ0) is 13.8. The van der Waals surface area contributed by atoms with Gasteiger partial charge in [-0.1, -0.05) is 6.92 Å². The van der Waals surface area contributed by atoms with Crippen molar-refractivity contribution < 1.29 is 14.7 Å². The van der Waals surface area contributed by atoms with Gasteiger partial charge in [-0.2, -0.15) is 0 Å². The van der Waals surface area contributed by atoms with Crippen LogP contribution in [0.25, 0.3) is 0 Å². The molecule has 1 unspecified atom stereocenters. The third-order valence-electron chi connectivity index (χ3n) is 2.82. The van der Waals surface area contributed by atoms with E-state index in [0.29, 0.717) is 17.8 Å². The van der Waals surface area contributed by atoms with Gasteiger partial charge < -0.3 is 15.7 Å². The molecule has 1 aromatic rings. The number of aliphatic carboxylic acids is 1. The van der Waals surface area contributed by atoms with Crippen LogP contribution in [0.3, 0.4) is 0 Å². The van der Waals surface area contributed by atoms with Crippen molar-refractivity contribution in [2.24, 2.45) is 0 Å². The van der Waals surface area contributed by atoms with Crippen molar-refractivity contribution in [2.75, 3.05) is 5.32 Å². The van der Waals surface area contributed by atoms with Gasteiger partial charge in [0.2, 0.25) is 0 Å². The van der Waals surface area contributed by atoms with Crippen molar-refractivity contribution in [3.63, 3.8) is 0 Å². The summed E-state index contributed by atoms with van der Waals surface area (Å²) in [7, 11) is 0. The molecule has 1 atom stereocenters. The number of nitrogens with one attached hydrogen (secondary N) is 2. The molecular weight excluding hydrogens is 234 g/mol. The molecule has 1 heterocycles. The summed E-state index contributed by atoms with van der Waals surface area (Å²) in [6.07, 6.45) is 1.91. The molecular formula is C12H17N3O3. The zero-order valence-corrected chi connectivity index (χ0v) is 10.7. The Balaban J connectivity index is 2.73. The fraction of sp³-hybridized carbons (Fsp3) is 0.417. The van der Waals surface area contributed by atoms with Crippen LogP contribution in [0.2, 0.25) is 0 Å². The van der Waals surface area contributed by atoms with E-state index in [-0.39, 0.29) is 0 Å². The highest BCUT2D eigenvalue weighted by molar-refractivity contribution is 5.94. The number of hydrogen-bond acceptors (Lipinski definition) is 3. The number of carbonyl (C=O) groups is 2. The Bertz CT molecular complexity index is 462. The van der Waals surface area contributed by atoms with E-state index in [0.717, 1.165) is 0 Å². The van der Waals surface area contributed by atoms with Crippen LogP contribution in [-0.2, 0) is 4.79 Å². The van der Waals surface area contributed by atoms with Crippen LogP contribution in [-0.4, -0.2) is 27.6 Å². The van der Waals surface area contributed by atoms with Crippen molar-refractivity contribution in [3.8, 4) is 0 Å². The van der Waals surface area contributed by atoms with Gasteiger partial charge in [0, 0.05) is 6.20 Å². The van der Waals surface area contributed by atoms with Crippen LogP contribution in [0.5, 0.6) is 0 Å². The van der Waals surface area contributed by atoms with E-state index >= 15 is 0 Å². The summed E-state index contributed by atoms with van der Waals surface area (Å²) in [6.45, 7) is 4.92. The number of carboxylic acids is 1. The van der Waals surface area contributed by atoms with E-state index in [1.165, 1.54) is 6.92 Å². The van der Waals surface area contributed by atoms with Crippen molar-refractivity contribution in [1.29, 1.82) is 0 Å². The minimum absolute atomic E-state index is 0.293. The quantitative estimate of drug-likeness (QED) is 0.760. The first-order valence-corrected chi connectivity index (χ1v) is 5.63. The third-order valence-corrected chi connectivity index (χ3v) is 2.82. The zero-order valence-electron chi connectivity index (χ0n) is 10.7. The molecule has 0 fully saturated rings. The Morgan fingerprint density at radius 3 is 2.67 bits per heavy atom. The lowest BCUT2D eigenvalue weighted by molar-refractivity contribution is -0.143. The Labute approximate surface area is 105 Å². The smallest absolute Gasteiger partial charge is 0.329 e. The summed E-state index contributed by atoms with van der Waals surface area (Å²) >= 11 is 0. The van der Waals surface area contributed by atoms with Gasteiger partial charge in [0.25, 0.3) is 0 Å². The second kappa shape index (κ2) is 5.48. The van der Waals surface area contributed by atoms with Gasteiger partial charge in [-0.15, -0.1) is 0 Å². The number of aromatic nitrogens is 1. The van der Waals surface area contributed by atoms with E-state index < -0.39 is 17.5 Å². The number of urea groups is 1. The first-order chi connectivity index (χ1) is 8.39. The normalized spacial score (nSPS) is 13.5. The minimum atomic E-state index is -1.28. The van der Waals surface area contributed by atoms with E-state index in [9.17, 15) is 9.59 Å². The van der Waals surface area contributed by atoms with Gasteiger partial charge in [-0.25, -0.2) is 9.59 Å². The summed E-state index contributed by atoms with van der Waals surface area (Å²) in [4.78, 5) is 26.8. The molecule has 0 bridgehead atoms. The molecule has 0 aliphatic carbocycles. The maximum atomic E-state index is 11.7. The number of rotatable bonds is 4. The molecule has 6 heteroatoms. The maximum Gasteiger partial charge on any atom is 0.329 e. The SMILES string of the molecule is CCC(C)(NC(=O)Nc1cccnc1C)C(=O)O. The molecule has 0 saturated heterocycles. The highest BCUT2D eigenvalue weighted by Gasteiger charge is 2.32. The van der Waals surface area contributed by atoms with Crippen LogP contribution in [0.15, 0.2) is 18.3 Å². The Kier molecular flexibility index (Phi) is 4.25. The summed E-state index contributed by atoms with van der Waals surface area (Å²) < 4.78 is 0. The van der Waals surface area contributed by atoms with Crippen molar-refractivity contribution in [2.45, 2.75) is 32.7 Å². The largest absolute Gasteiger partial charge is 0.480 e. The topological polar surface area (TPSA) is 91.3 Å². The molecule has 1 aromatic heterocycles. The molecule has 18 heavy (non-hydrogen) atoms. The number of amides is 2. The Hall–Kier alpha value is -2.11. The van der Waals surface area contributed by atoms with E-state index in [2.05, 4.69) is 15.6 Å². The number of pyridine rings is 1. The first-order valence-electron chi connectivity index (χ1n) is 5.63. The molecule has 0 aliphatic rings. The maximum absolute atomic E-state index is 11.7. The Morgan fingerprint density at radius 2 is 2.17 bits per heavy atom. The highest BCUT2D eigenvalue weighted by atomic mass is 16.4.